The van der Waals surface area contributed by atoms with Crippen LogP contribution in [-0.4, -0.2) is 50.0 Å². The molecule has 6 heteroatoms. The number of carbonyl (C=O) groups is 2. The number of methoxy groups -OCH3 is 1. The molecule has 1 saturated heterocycles. The second kappa shape index (κ2) is 9.03. The highest BCUT2D eigenvalue weighted by molar-refractivity contribution is 5.86. The number of para-hydroxylation sites is 1. The van der Waals surface area contributed by atoms with Crippen molar-refractivity contribution in [1.82, 2.24) is 15.5 Å². The largest absolute Gasteiger partial charge is 0.496 e. The summed E-state index contributed by atoms with van der Waals surface area (Å²) in [5, 5.41) is 6.22. The summed E-state index contributed by atoms with van der Waals surface area (Å²) in [5.41, 5.74) is 0.995. The van der Waals surface area contributed by atoms with Crippen LogP contribution >= 0.6 is 0 Å². The predicted octanol–water partition coefficient (Wildman–Crippen LogP) is 1.86. The maximum absolute atomic E-state index is 12.8. The molecule has 1 aromatic rings. The molecule has 26 heavy (non-hydrogen) atoms. The van der Waals surface area contributed by atoms with Crippen LogP contribution < -0.4 is 15.4 Å². The smallest absolute Gasteiger partial charge is 0.242 e. The molecule has 1 aromatic carbocycles. The third-order valence-electron chi connectivity index (χ3n) is 5.45. The zero-order chi connectivity index (χ0) is 18.4. The van der Waals surface area contributed by atoms with E-state index >= 15 is 0 Å². The summed E-state index contributed by atoms with van der Waals surface area (Å²) < 4.78 is 5.47. The van der Waals surface area contributed by atoms with Gasteiger partial charge in [0.25, 0.3) is 0 Å². The Balaban J connectivity index is 1.63. The highest BCUT2D eigenvalue weighted by Crippen LogP contribution is 2.30. The van der Waals surface area contributed by atoms with Crippen molar-refractivity contribution in [3.05, 3.63) is 29.8 Å². The second-order valence-corrected chi connectivity index (χ2v) is 7.10. The Morgan fingerprint density at radius 2 is 2.00 bits per heavy atom. The fourth-order valence-corrected chi connectivity index (χ4v) is 4.00. The molecule has 1 heterocycles. The highest BCUT2D eigenvalue weighted by Gasteiger charge is 2.30. The van der Waals surface area contributed by atoms with Crippen LogP contribution in [0.1, 0.15) is 43.7 Å². The lowest BCUT2D eigenvalue weighted by Crippen LogP contribution is -2.51. The van der Waals surface area contributed by atoms with Crippen LogP contribution in [-0.2, 0) is 9.59 Å². The second-order valence-electron chi connectivity index (χ2n) is 7.10. The maximum atomic E-state index is 12.8. The molecule has 3 rings (SSSR count). The van der Waals surface area contributed by atoms with Gasteiger partial charge in [-0.2, -0.15) is 0 Å². The third-order valence-corrected chi connectivity index (χ3v) is 5.45. The van der Waals surface area contributed by atoms with Gasteiger partial charge >= 0.3 is 0 Å². The van der Waals surface area contributed by atoms with Crippen LogP contribution in [0.2, 0.25) is 0 Å². The van der Waals surface area contributed by atoms with Crippen molar-refractivity contribution in [3.8, 4) is 5.75 Å². The van der Waals surface area contributed by atoms with E-state index in [9.17, 15) is 9.59 Å². The summed E-state index contributed by atoms with van der Waals surface area (Å²) in [4.78, 5) is 27.0. The quantitative estimate of drug-likeness (QED) is 0.842. The lowest BCUT2D eigenvalue weighted by Gasteiger charge is -2.37. The van der Waals surface area contributed by atoms with Crippen molar-refractivity contribution in [3.63, 3.8) is 0 Å². The molecule has 1 aliphatic heterocycles. The van der Waals surface area contributed by atoms with Crippen molar-refractivity contribution < 1.29 is 14.3 Å². The van der Waals surface area contributed by atoms with Gasteiger partial charge in [-0.25, -0.2) is 0 Å². The van der Waals surface area contributed by atoms with Gasteiger partial charge in [-0.05, 0) is 18.9 Å². The summed E-state index contributed by atoms with van der Waals surface area (Å²) in [5.74, 6) is 0.850. The summed E-state index contributed by atoms with van der Waals surface area (Å²) >= 11 is 0. The van der Waals surface area contributed by atoms with E-state index in [1.807, 2.05) is 29.2 Å². The summed E-state index contributed by atoms with van der Waals surface area (Å²) in [6.07, 6.45) is 5.32. The fourth-order valence-electron chi connectivity index (χ4n) is 4.00. The van der Waals surface area contributed by atoms with Gasteiger partial charge in [0.05, 0.1) is 19.7 Å². The van der Waals surface area contributed by atoms with E-state index in [1.54, 1.807) is 7.11 Å². The lowest BCUT2D eigenvalue weighted by molar-refractivity contribution is -0.136. The number of benzene rings is 1. The number of rotatable bonds is 5. The van der Waals surface area contributed by atoms with Crippen molar-refractivity contribution in [2.45, 2.75) is 38.1 Å². The molecule has 2 N–H and O–H groups in total. The van der Waals surface area contributed by atoms with E-state index in [2.05, 4.69) is 10.6 Å². The molecule has 2 aliphatic rings. The normalized spacial score (nSPS) is 21.3. The van der Waals surface area contributed by atoms with E-state index < -0.39 is 0 Å². The minimum absolute atomic E-state index is 0.0297. The van der Waals surface area contributed by atoms with E-state index in [0.29, 0.717) is 13.1 Å². The number of nitrogens with one attached hydrogen (secondary N) is 2. The number of ether oxygens (including phenoxy) is 1. The SMILES string of the molecule is COc1ccccc1C1CNCCN1C(=O)CNC(=O)C1CCCCC1. The molecule has 0 radical (unpaired) electrons. The first-order chi connectivity index (χ1) is 12.7. The van der Waals surface area contributed by atoms with Gasteiger partial charge in [-0.15, -0.1) is 0 Å². The van der Waals surface area contributed by atoms with Crippen LogP contribution in [0.5, 0.6) is 5.75 Å². The minimum atomic E-state index is -0.0843. The monoisotopic (exact) mass is 359 g/mol. The topological polar surface area (TPSA) is 70.7 Å². The Labute approximate surface area is 155 Å². The van der Waals surface area contributed by atoms with E-state index in [4.69, 9.17) is 4.74 Å². The molecular formula is C20H29N3O3. The molecule has 1 aliphatic carbocycles. The summed E-state index contributed by atoms with van der Waals surface area (Å²) in [6, 6.07) is 7.71. The Kier molecular flexibility index (Phi) is 6.50. The van der Waals surface area contributed by atoms with E-state index in [-0.39, 0.29) is 30.3 Å². The average Bonchev–Trinajstić information content (AvgIpc) is 2.72. The van der Waals surface area contributed by atoms with Gasteiger partial charge in [0.2, 0.25) is 11.8 Å². The van der Waals surface area contributed by atoms with Gasteiger partial charge in [0.15, 0.2) is 0 Å². The first-order valence-electron chi connectivity index (χ1n) is 9.61. The van der Waals surface area contributed by atoms with Gasteiger partial charge in [0.1, 0.15) is 5.75 Å². The van der Waals surface area contributed by atoms with Crippen LogP contribution in [0.25, 0.3) is 0 Å². The number of nitrogens with zero attached hydrogens (tertiary/aromatic N) is 1. The predicted molar refractivity (Wildman–Crippen MR) is 99.9 cm³/mol. The third kappa shape index (κ3) is 4.36. The number of piperazine rings is 1. The molecule has 2 amide bonds. The molecule has 6 nitrogen and oxygen atoms in total. The van der Waals surface area contributed by atoms with Gasteiger partial charge in [-0.1, -0.05) is 37.5 Å². The van der Waals surface area contributed by atoms with Crippen LogP contribution in [0.15, 0.2) is 24.3 Å². The number of hydrogen-bond donors (Lipinski definition) is 2. The Morgan fingerprint density at radius 1 is 1.23 bits per heavy atom. The summed E-state index contributed by atoms with van der Waals surface area (Å²) in [6.45, 7) is 2.14. The van der Waals surface area contributed by atoms with Crippen molar-refractivity contribution in [1.29, 1.82) is 0 Å². The standard InChI is InChI=1S/C20H29N3O3/c1-26-18-10-6-5-9-16(18)17-13-21-11-12-23(17)19(24)14-22-20(25)15-7-3-2-4-8-15/h5-6,9-10,15,17,21H,2-4,7-8,11-14H2,1H3,(H,22,25). The molecule has 0 spiro atoms. The molecule has 1 atom stereocenters. The highest BCUT2D eigenvalue weighted by atomic mass is 16.5. The molecule has 1 saturated carbocycles. The van der Waals surface area contributed by atoms with E-state index in [1.165, 1.54) is 6.42 Å². The Morgan fingerprint density at radius 3 is 2.77 bits per heavy atom. The number of carbonyl (C=O) groups excluding carboxylic acids is 2. The maximum Gasteiger partial charge on any atom is 0.242 e. The van der Waals surface area contributed by atoms with Crippen LogP contribution in [0.3, 0.4) is 0 Å². The molecular weight excluding hydrogens is 330 g/mol. The minimum Gasteiger partial charge on any atom is -0.496 e. The lowest BCUT2D eigenvalue weighted by atomic mass is 9.89. The van der Waals surface area contributed by atoms with Gasteiger partial charge in [0, 0.05) is 31.1 Å². The van der Waals surface area contributed by atoms with Crippen LogP contribution in [0.4, 0.5) is 0 Å². The Hall–Kier alpha value is -2.08. The fraction of sp³-hybridized carbons (Fsp3) is 0.600. The van der Waals surface area contributed by atoms with Crippen LogP contribution in [0, 0.1) is 5.92 Å². The van der Waals surface area contributed by atoms with Crippen molar-refractivity contribution in [2.75, 3.05) is 33.3 Å². The van der Waals surface area contributed by atoms with Crippen molar-refractivity contribution >= 4 is 11.8 Å². The molecule has 0 bridgehead atoms. The Bertz CT molecular complexity index is 628. The average molecular weight is 359 g/mol. The number of amides is 2. The zero-order valence-corrected chi connectivity index (χ0v) is 15.5. The molecule has 1 unspecified atom stereocenters. The zero-order valence-electron chi connectivity index (χ0n) is 15.5. The van der Waals surface area contributed by atoms with E-state index in [0.717, 1.165) is 43.5 Å². The molecule has 2 fully saturated rings. The van der Waals surface area contributed by atoms with Gasteiger partial charge < -0.3 is 20.3 Å². The summed E-state index contributed by atoms with van der Waals surface area (Å²) in [7, 11) is 1.64. The first-order valence-corrected chi connectivity index (χ1v) is 9.61. The van der Waals surface area contributed by atoms with Gasteiger partial charge in [-0.3, -0.25) is 9.59 Å². The number of hydrogen-bond acceptors (Lipinski definition) is 4. The van der Waals surface area contributed by atoms with Crippen molar-refractivity contribution in [2.24, 2.45) is 5.92 Å². The molecule has 0 aromatic heterocycles. The molecule has 142 valence electrons. The first kappa shape index (κ1) is 18.7.